The fourth-order valence-electron chi connectivity index (χ4n) is 1.96. The van der Waals surface area contributed by atoms with Gasteiger partial charge in [-0.1, -0.05) is 58.4 Å². The van der Waals surface area contributed by atoms with E-state index in [1.807, 2.05) is 13.1 Å². The van der Waals surface area contributed by atoms with Crippen LogP contribution < -0.4 is 5.32 Å². The molecule has 1 atom stereocenters. The van der Waals surface area contributed by atoms with Crippen molar-refractivity contribution in [1.29, 1.82) is 0 Å². The topological polar surface area (TPSA) is 12.0 Å². The molecule has 88 valence electrons. The van der Waals surface area contributed by atoms with Crippen molar-refractivity contribution in [3.05, 3.63) is 58.6 Å². The summed E-state index contributed by atoms with van der Waals surface area (Å²) in [5.41, 5.74) is 3.84. The van der Waals surface area contributed by atoms with Crippen LogP contribution in [-0.4, -0.2) is 7.05 Å². The molecular formula is C15H16BrN. The fourth-order valence-corrected chi connectivity index (χ4v) is 2.45. The first-order valence-corrected chi connectivity index (χ1v) is 6.54. The zero-order valence-corrected chi connectivity index (χ0v) is 11.7. The molecule has 0 radical (unpaired) electrons. The average Bonchev–Trinajstić information content (AvgIpc) is 2.38. The van der Waals surface area contributed by atoms with E-state index in [2.05, 4.69) is 70.6 Å². The molecule has 0 heterocycles. The zero-order valence-electron chi connectivity index (χ0n) is 10.1. The maximum Gasteiger partial charge on any atom is 0.0295 e. The van der Waals surface area contributed by atoms with Crippen LogP contribution in [0.5, 0.6) is 0 Å². The van der Waals surface area contributed by atoms with Crippen molar-refractivity contribution in [3.63, 3.8) is 0 Å². The molecular weight excluding hydrogens is 274 g/mol. The highest BCUT2D eigenvalue weighted by atomic mass is 79.9. The molecule has 2 heteroatoms. The van der Waals surface area contributed by atoms with Crippen LogP contribution in [0.15, 0.2) is 53.0 Å². The van der Waals surface area contributed by atoms with Gasteiger partial charge in [0.25, 0.3) is 0 Å². The van der Waals surface area contributed by atoms with Gasteiger partial charge in [0, 0.05) is 10.5 Å². The van der Waals surface area contributed by atoms with Gasteiger partial charge in [-0.2, -0.15) is 0 Å². The van der Waals surface area contributed by atoms with E-state index in [1.165, 1.54) is 16.7 Å². The van der Waals surface area contributed by atoms with Gasteiger partial charge in [-0.15, -0.1) is 0 Å². The highest BCUT2D eigenvalue weighted by Gasteiger charge is 2.11. The van der Waals surface area contributed by atoms with E-state index in [1.54, 1.807) is 0 Å². The maximum absolute atomic E-state index is 3.62. The number of benzene rings is 2. The molecule has 0 bridgehead atoms. The van der Waals surface area contributed by atoms with Crippen molar-refractivity contribution in [2.45, 2.75) is 13.0 Å². The predicted octanol–water partition coefficient (Wildman–Crippen LogP) is 4.40. The number of hydrogen-bond acceptors (Lipinski definition) is 1. The highest BCUT2D eigenvalue weighted by Crippen LogP contribution is 2.32. The molecule has 0 aromatic heterocycles. The van der Waals surface area contributed by atoms with Gasteiger partial charge in [0.05, 0.1) is 0 Å². The molecule has 2 rings (SSSR count). The normalized spacial score (nSPS) is 12.4. The molecule has 0 spiro atoms. The molecule has 0 aliphatic carbocycles. The van der Waals surface area contributed by atoms with Crippen molar-refractivity contribution < 1.29 is 0 Å². The monoisotopic (exact) mass is 289 g/mol. The van der Waals surface area contributed by atoms with Crippen LogP contribution in [0.1, 0.15) is 18.5 Å². The summed E-state index contributed by atoms with van der Waals surface area (Å²) >= 11 is 3.62. The lowest BCUT2D eigenvalue weighted by molar-refractivity contribution is 0.654. The second kappa shape index (κ2) is 5.48. The molecule has 0 saturated heterocycles. The Hall–Kier alpha value is -1.12. The quantitative estimate of drug-likeness (QED) is 0.883. The van der Waals surface area contributed by atoms with Crippen LogP contribution in [0.3, 0.4) is 0 Å². The van der Waals surface area contributed by atoms with E-state index in [0.29, 0.717) is 6.04 Å². The number of nitrogens with one attached hydrogen (secondary N) is 1. The molecule has 1 nitrogen and oxygen atoms in total. The van der Waals surface area contributed by atoms with Gasteiger partial charge in [-0.25, -0.2) is 0 Å². The Bertz CT molecular complexity index is 508. The van der Waals surface area contributed by atoms with Crippen molar-refractivity contribution in [2.75, 3.05) is 7.05 Å². The van der Waals surface area contributed by atoms with Crippen LogP contribution in [0.2, 0.25) is 0 Å². The third-order valence-electron chi connectivity index (χ3n) is 3.02. The fraction of sp³-hybridized carbons (Fsp3) is 0.200. The maximum atomic E-state index is 3.62. The minimum atomic E-state index is 0.346. The minimum absolute atomic E-state index is 0.346. The number of rotatable bonds is 3. The number of hydrogen-bond donors (Lipinski definition) is 1. The Morgan fingerprint density at radius 1 is 0.941 bits per heavy atom. The highest BCUT2D eigenvalue weighted by molar-refractivity contribution is 9.10. The lowest BCUT2D eigenvalue weighted by Gasteiger charge is -2.16. The number of halogens is 1. The first kappa shape index (κ1) is 12.3. The van der Waals surface area contributed by atoms with E-state index < -0.39 is 0 Å². The second-order valence-corrected chi connectivity index (χ2v) is 4.93. The van der Waals surface area contributed by atoms with E-state index in [-0.39, 0.29) is 0 Å². The Morgan fingerprint density at radius 3 is 2.18 bits per heavy atom. The molecule has 1 unspecified atom stereocenters. The third kappa shape index (κ3) is 2.59. The van der Waals surface area contributed by atoms with Crippen molar-refractivity contribution in [3.8, 4) is 11.1 Å². The van der Waals surface area contributed by atoms with E-state index in [9.17, 15) is 0 Å². The second-order valence-electron chi connectivity index (χ2n) is 4.08. The SMILES string of the molecule is CNC(C)c1ccccc1-c1ccccc1Br. The summed E-state index contributed by atoms with van der Waals surface area (Å²) in [5.74, 6) is 0. The summed E-state index contributed by atoms with van der Waals surface area (Å²) in [4.78, 5) is 0. The Kier molecular flexibility index (Phi) is 3.97. The van der Waals surface area contributed by atoms with Crippen LogP contribution in [0, 0.1) is 0 Å². The molecule has 2 aromatic rings. The zero-order chi connectivity index (χ0) is 12.3. The Labute approximate surface area is 111 Å². The van der Waals surface area contributed by atoms with Crippen LogP contribution in [-0.2, 0) is 0 Å². The first-order chi connectivity index (χ1) is 8.24. The molecule has 17 heavy (non-hydrogen) atoms. The summed E-state index contributed by atoms with van der Waals surface area (Å²) in [5, 5.41) is 3.30. The van der Waals surface area contributed by atoms with Gasteiger partial charge in [0.15, 0.2) is 0 Å². The van der Waals surface area contributed by atoms with E-state index in [4.69, 9.17) is 0 Å². The van der Waals surface area contributed by atoms with Gasteiger partial charge in [-0.05, 0) is 36.7 Å². The first-order valence-electron chi connectivity index (χ1n) is 5.75. The average molecular weight is 290 g/mol. The standard InChI is InChI=1S/C15H16BrN/c1-11(17-2)12-7-3-4-8-13(12)14-9-5-6-10-15(14)16/h3-11,17H,1-2H3. The Balaban J connectivity index is 2.56. The largest absolute Gasteiger partial charge is 0.313 e. The summed E-state index contributed by atoms with van der Waals surface area (Å²) in [6, 6.07) is 17.2. The van der Waals surface area contributed by atoms with Crippen LogP contribution in [0.25, 0.3) is 11.1 Å². The Morgan fingerprint density at radius 2 is 1.53 bits per heavy atom. The molecule has 0 aliphatic heterocycles. The molecule has 1 N–H and O–H groups in total. The molecule has 0 fully saturated rings. The van der Waals surface area contributed by atoms with Gasteiger partial charge >= 0.3 is 0 Å². The lowest BCUT2D eigenvalue weighted by Crippen LogP contribution is -2.13. The van der Waals surface area contributed by atoms with Gasteiger partial charge in [0.1, 0.15) is 0 Å². The molecule has 0 aliphatic rings. The van der Waals surface area contributed by atoms with E-state index >= 15 is 0 Å². The summed E-state index contributed by atoms with van der Waals surface area (Å²) in [6.07, 6.45) is 0. The predicted molar refractivity (Wildman–Crippen MR) is 77.1 cm³/mol. The summed E-state index contributed by atoms with van der Waals surface area (Å²) in [7, 11) is 1.99. The van der Waals surface area contributed by atoms with Crippen molar-refractivity contribution in [1.82, 2.24) is 5.32 Å². The smallest absolute Gasteiger partial charge is 0.0295 e. The van der Waals surface area contributed by atoms with Crippen LogP contribution >= 0.6 is 15.9 Å². The van der Waals surface area contributed by atoms with E-state index in [0.717, 1.165) is 4.47 Å². The summed E-state index contributed by atoms with van der Waals surface area (Å²) < 4.78 is 1.13. The molecule has 2 aromatic carbocycles. The minimum Gasteiger partial charge on any atom is -0.313 e. The van der Waals surface area contributed by atoms with Gasteiger partial charge in [-0.3, -0.25) is 0 Å². The van der Waals surface area contributed by atoms with Crippen molar-refractivity contribution in [2.24, 2.45) is 0 Å². The third-order valence-corrected chi connectivity index (χ3v) is 3.72. The molecule has 0 amide bonds. The molecule has 0 saturated carbocycles. The van der Waals surface area contributed by atoms with Crippen LogP contribution in [0.4, 0.5) is 0 Å². The van der Waals surface area contributed by atoms with Gasteiger partial charge < -0.3 is 5.32 Å². The summed E-state index contributed by atoms with van der Waals surface area (Å²) in [6.45, 7) is 2.18. The van der Waals surface area contributed by atoms with Crippen molar-refractivity contribution >= 4 is 15.9 Å². The lowest BCUT2D eigenvalue weighted by atomic mass is 9.96. The van der Waals surface area contributed by atoms with Gasteiger partial charge in [0.2, 0.25) is 0 Å².